The van der Waals surface area contributed by atoms with E-state index in [2.05, 4.69) is 4.98 Å². The van der Waals surface area contributed by atoms with Crippen LogP contribution in [0.25, 0.3) is 0 Å². The quantitative estimate of drug-likeness (QED) is 0.568. The third-order valence-electron chi connectivity index (χ3n) is 4.23. The van der Waals surface area contributed by atoms with Gasteiger partial charge in [-0.05, 0) is 29.8 Å². The molecule has 0 aliphatic rings. The highest BCUT2D eigenvalue weighted by Crippen LogP contribution is 2.36. The molecular weight excluding hydrogens is 429 g/mol. The fourth-order valence-electron chi connectivity index (χ4n) is 2.78. The molecule has 1 aromatic heterocycles. The van der Waals surface area contributed by atoms with Gasteiger partial charge >= 0.3 is 0 Å². The molecule has 0 saturated heterocycles. The van der Waals surface area contributed by atoms with Crippen molar-refractivity contribution in [1.82, 2.24) is 13.9 Å². The number of hydrogen-bond donors (Lipinski definition) is 0. The minimum Gasteiger partial charge on any atom is -0.336 e. The van der Waals surface area contributed by atoms with Gasteiger partial charge in [0.1, 0.15) is 16.8 Å². The van der Waals surface area contributed by atoms with E-state index >= 15 is 0 Å². The summed E-state index contributed by atoms with van der Waals surface area (Å²) in [6.45, 7) is 0. The van der Waals surface area contributed by atoms with Crippen molar-refractivity contribution in [3.63, 3.8) is 0 Å². The van der Waals surface area contributed by atoms with E-state index in [1.807, 2.05) is 0 Å². The summed E-state index contributed by atoms with van der Waals surface area (Å²) in [6.07, 6.45) is 3.37. The highest BCUT2D eigenvalue weighted by molar-refractivity contribution is 7.89. The summed E-state index contributed by atoms with van der Waals surface area (Å²) in [5, 5.41) is 0.715. The lowest BCUT2D eigenvalue weighted by molar-refractivity contribution is 0.398. The molecule has 1 heterocycles. The van der Waals surface area contributed by atoms with Crippen molar-refractivity contribution in [1.29, 1.82) is 0 Å². The fraction of sp³-hybridized carbons (Fsp3) is 0.167. The Morgan fingerprint density at radius 2 is 1.74 bits per heavy atom. The molecule has 5 nitrogen and oxygen atoms in total. The lowest BCUT2D eigenvalue weighted by Gasteiger charge is -2.28. The number of halogens is 3. The number of hydrogen-bond acceptors (Lipinski definition) is 3. The van der Waals surface area contributed by atoms with E-state index in [1.54, 1.807) is 60.4 Å². The van der Waals surface area contributed by atoms with Gasteiger partial charge < -0.3 is 4.57 Å². The molecule has 0 bridgehead atoms. The normalized spacial score (nSPS) is 13.1. The maximum absolute atomic E-state index is 13.3. The summed E-state index contributed by atoms with van der Waals surface area (Å²) < 4.78 is 29.6. The Labute approximate surface area is 173 Å². The fourth-order valence-corrected chi connectivity index (χ4v) is 4.95. The van der Waals surface area contributed by atoms with Crippen LogP contribution in [0.4, 0.5) is 0 Å². The van der Waals surface area contributed by atoms with Gasteiger partial charge in [0.05, 0.1) is 10.0 Å². The highest BCUT2D eigenvalue weighted by Gasteiger charge is 2.34. The lowest BCUT2D eigenvalue weighted by atomic mass is 10.1. The van der Waals surface area contributed by atoms with Crippen molar-refractivity contribution in [2.75, 3.05) is 7.05 Å². The first-order valence-corrected chi connectivity index (χ1v) is 10.5. The van der Waals surface area contributed by atoms with Crippen LogP contribution in [0.2, 0.25) is 15.1 Å². The van der Waals surface area contributed by atoms with Crippen molar-refractivity contribution in [2.45, 2.75) is 10.9 Å². The molecule has 0 aliphatic heterocycles. The van der Waals surface area contributed by atoms with Gasteiger partial charge in [-0.1, -0.05) is 53.0 Å². The SMILES string of the molecule is CN(C(c1ccc(Cl)cc1)c1nccn1C)S(=O)(=O)c1cccc(Cl)c1Cl. The molecule has 2 aromatic carbocycles. The molecule has 0 aliphatic carbocycles. The maximum Gasteiger partial charge on any atom is 0.245 e. The first kappa shape index (κ1) is 20.2. The Kier molecular flexibility index (Phi) is 5.84. The van der Waals surface area contributed by atoms with E-state index in [9.17, 15) is 8.42 Å². The minimum absolute atomic E-state index is 0.0132. The van der Waals surface area contributed by atoms with E-state index < -0.39 is 16.1 Å². The third-order valence-corrected chi connectivity index (χ3v) is 7.27. The predicted octanol–water partition coefficient (Wildman–Crippen LogP) is 4.79. The zero-order valence-corrected chi connectivity index (χ0v) is 17.6. The molecule has 1 atom stereocenters. The van der Waals surface area contributed by atoms with Crippen LogP contribution in [0.1, 0.15) is 17.4 Å². The van der Waals surface area contributed by atoms with Crippen LogP contribution in [-0.2, 0) is 17.1 Å². The molecule has 0 saturated carbocycles. The lowest BCUT2D eigenvalue weighted by Crippen LogP contribution is -2.33. The summed E-state index contributed by atoms with van der Waals surface area (Å²) in [7, 11) is -0.672. The summed E-state index contributed by atoms with van der Waals surface area (Å²) in [4.78, 5) is 4.29. The van der Waals surface area contributed by atoms with Crippen LogP contribution in [0.5, 0.6) is 0 Å². The number of rotatable bonds is 5. The van der Waals surface area contributed by atoms with E-state index in [0.29, 0.717) is 10.8 Å². The molecular formula is C18H16Cl3N3O2S. The van der Waals surface area contributed by atoms with Gasteiger partial charge in [-0.15, -0.1) is 0 Å². The van der Waals surface area contributed by atoms with Gasteiger partial charge in [0.15, 0.2) is 0 Å². The van der Waals surface area contributed by atoms with Crippen molar-refractivity contribution in [3.8, 4) is 0 Å². The Morgan fingerprint density at radius 1 is 1.07 bits per heavy atom. The van der Waals surface area contributed by atoms with Gasteiger partial charge in [-0.3, -0.25) is 0 Å². The molecule has 0 spiro atoms. The Hall–Kier alpha value is -1.57. The van der Waals surface area contributed by atoms with Crippen LogP contribution >= 0.6 is 34.8 Å². The summed E-state index contributed by atoms with van der Waals surface area (Å²) in [5.41, 5.74) is 0.720. The minimum atomic E-state index is -3.96. The molecule has 0 fully saturated rings. The Bertz CT molecular complexity index is 1070. The van der Waals surface area contributed by atoms with E-state index in [0.717, 1.165) is 5.56 Å². The van der Waals surface area contributed by atoms with E-state index in [4.69, 9.17) is 34.8 Å². The average molecular weight is 445 g/mol. The van der Waals surface area contributed by atoms with Crippen LogP contribution in [0, 0.1) is 0 Å². The van der Waals surface area contributed by atoms with Crippen LogP contribution in [-0.4, -0.2) is 29.3 Å². The molecule has 27 heavy (non-hydrogen) atoms. The second-order valence-corrected chi connectivity index (χ2v) is 9.11. The maximum atomic E-state index is 13.3. The zero-order chi connectivity index (χ0) is 19.8. The predicted molar refractivity (Wildman–Crippen MR) is 108 cm³/mol. The number of aromatic nitrogens is 2. The third kappa shape index (κ3) is 3.86. The van der Waals surface area contributed by atoms with E-state index in [1.165, 1.54) is 17.4 Å². The molecule has 1 unspecified atom stereocenters. The number of nitrogens with zero attached hydrogens (tertiary/aromatic N) is 3. The first-order valence-electron chi connectivity index (χ1n) is 7.88. The number of sulfonamides is 1. The van der Waals surface area contributed by atoms with Gasteiger partial charge in [0, 0.05) is 31.5 Å². The second-order valence-electron chi connectivity index (χ2n) is 5.92. The smallest absolute Gasteiger partial charge is 0.245 e. The van der Waals surface area contributed by atoms with Crippen molar-refractivity contribution >= 4 is 44.8 Å². The summed E-state index contributed by atoms with van der Waals surface area (Å²) in [6, 6.07) is 10.8. The molecule has 142 valence electrons. The van der Waals surface area contributed by atoms with Crippen molar-refractivity contribution < 1.29 is 8.42 Å². The molecule has 0 amide bonds. The number of aryl methyl sites for hydroxylation is 1. The summed E-state index contributed by atoms with van der Waals surface area (Å²) >= 11 is 18.2. The first-order chi connectivity index (χ1) is 12.7. The highest BCUT2D eigenvalue weighted by atomic mass is 35.5. The molecule has 3 aromatic rings. The Balaban J connectivity index is 2.16. The van der Waals surface area contributed by atoms with Crippen LogP contribution in [0.3, 0.4) is 0 Å². The van der Waals surface area contributed by atoms with Crippen molar-refractivity contribution in [2.24, 2.45) is 7.05 Å². The van der Waals surface area contributed by atoms with Crippen LogP contribution < -0.4 is 0 Å². The van der Waals surface area contributed by atoms with Crippen molar-refractivity contribution in [3.05, 3.63) is 81.3 Å². The van der Waals surface area contributed by atoms with E-state index in [-0.39, 0.29) is 14.9 Å². The van der Waals surface area contributed by atoms with Gasteiger partial charge in [-0.25, -0.2) is 13.4 Å². The Morgan fingerprint density at radius 3 is 2.33 bits per heavy atom. The largest absolute Gasteiger partial charge is 0.336 e. The molecule has 9 heteroatoms. The molecule has 0 radical (unpaired) electrons. The van der Waals surface area contributed by atoms with Gasteiger partial charge in [0.25, 0.3) is 0 Å². The van der Waals surface area contributed by atoms with Gasteiger partial charge in [0.2, 0.25) is 10.0 Å². The topological polar surface area (TPSA) is 55.2 Å². The zero-order valence-electron chi connectivity index (χ0n) is 14.5. The average Bonchev–Trinajstić information content (AvgIpc) is 3.04. The standard InChI is InChI=1S/C18H16Cl3N3O2S/c1-23-11-10-22-18(23)17(12-6-8-13(19)9-7-12)24(2)27(25,26)15-5-3-4-14(20)16(15)21/h3-11,17H,1-2H3. The summed E-state index contributed by atoms with van der Waals surface area (Å²) in [5.74, 6) is 0.557. The van der Waals surface area contributed by atoms with Gasteiger partial charge in [-0.2, -0.15) is 4.31 Å². The number of imidazole rings is 1. The number of benzene rings is 2. The molecule has 0 N–H and O–H groups in total. The molecule has 3 rings (SSSR count). The monoisotopic (exact) mass is 443 g/mol. The van der Waals surface area contributed by atoms with Crippen LogP contribution in [0.15, 0.2) is 59.8 Å². The second kappa shape index (κ2) is 7.81.